The number of carbonyl (C=O) groups is 2. The molecule has 0 unspecified atom stereocenters. The van der Waals surface area contributed by atoms with Crippen molar-refractivity contribution in [1.29, 1.82) is 0 Å². The molecule has 0 aliphatic heterocycles. The summed E-state index contributed by atoms with van der Waals surface area (Å²) in [6.45, 7) is 0. The molecule has 0 heterocycles. The maximum Gasteiger partial charge on any atom is 0.335 e. The molecule has 0 aliphatic carbocycles. The third-order valence-corrected chi connectivity index (χ3v) is 2.06. The van der Waals surface area contributed by atoms with Crippen LogP contribution in [0, 0.1) is 0 Å². The second kappa shape index (κ2) is 3.49. The van der Waals surface area contributed by atoms with Crippen molar-refractivity contribution in [1.82, 2.24) is 0 Å². The van der Waals surface area contributed by atoms with E-state index in [1.165, 1.54) is 18.2 Å². The van der Waals surface area contributed by atoms with E-state index in [-0.39, 0.29) is 5.56 Å². The molecule has 0 aromatic heterocycles. The van der Waals surface area contributed by atoms with Gasteiger partial charge in [-0.3, -0.25) is 4.79 Å². The van der Waals surface area contributed by atoms with Gasteiger partial charge in [-0.2, -0.15) is 0 Å². The van der Waals surface area contributed by atoms with Gasteiger partial charge in [0.1, 0.15) is 0 Å². The zero-order valence-electron chi connectivity index (χ0n) is 5.95. The molecule has 62 valence electrons. The van der Waals surface area contributed by atoms with Crippen LogP contribution in [0.1, 0.15) is 20.7 Å². The van der Waals surface area contributed by atoms with Crippen LogP contribution < -0.4 is 0 Å². The van der Waals surface area contributed by atoms with E-state index in [0.29, 0.717) is 16.3 Å². The first kappa shape index (κ1) is 8.93. The lowest BCUT2D eigenvalue weighted by molar-refractivity contribution is 0.0696. The Morgan fingerprint density at radius 2 is 2.17 bits per heavy atom. The zero-order chi connectivity index (χ0) is 9.14. The van der Waals surface area contributed by atoms with Crippen LogP contribution in [0.15, 0.2) is 22.7 Å². The number of aldehydes is 1. The normalized spacial score (nSPS) is 9.42. The molecular formula is C8H5BrO3. The van der Waals surface area contributed by atoms with Crippen molar-refractivity contribution in [3.63, 3.8) is 0 Å². The van der Waals surface area contributed by atoms with Crippen LogP contribution in [0.2, 0.25) is 0 Å². The van der Waals surface area contributed by atoms with E-state index in [1.807, 2.05) is 0 Å². The largest absolute Gasteiger partial charge is 0.478 e. The van der Waals surface area contributed by atoms with Gasteiger partial charge < -0.3 is 5.11 Å². The molecule has 1 rings (SSSR count). The van der Waals surface area contributed by atoms with Crippen molar-refractivity contribution < 1.29 is 14.7 Å². The number of aromatic carboxylic acids is 1. The second-order valence-corrected chi connectivity index (χ2v) is 3.01. The molecule has 0 saturated heterocycles. The zero-order valence-corrected chi connectivity index (χ0v) is 7.54. The number of carbonyl (C=O) groups excluding carboxylic acids is 1. The lowest BCUT2D eigenvalue weighted by Crippen LogP contribution is -1.96. The molecule has 1 aromatic rings. The summed E-state index contributed by atoms with van der Waals surface area (Å²) in [5, 5.41) is 8.56. The van der Waals surface area contributed by atoms with Gasteiger partial charge in [-0.05, 0) is 18.2 Å². The molecule has 0 atom stereocenters. The Bertz CT molecular complexity index is 333. The van der Waals surface area contributed by atoms with Crippen molar-refractivity contribution in [3.8, 4) is 0 Å². The summed E-state index contributed by atoms with van der Waals surface area (Å²) in [6, 6.07) is 4.24. The highest BCUT2D eigenvalue weighted by Crippen LogP contribution is 2.16. The topological polar surface area (TPSA) is 54.4 Å². The number of halogens is 1. The Morgan fingerprint density at radius 1 is 1.50 bits per heavy atom. The first-order chi connectivity index (χ1) is 5.65. The maximum absolute atomic E-state index is 10.4. The molecule has 1 aromatic carbocycles. The molecule has 1 N–H and O–H groups in total. The number of carboxylic acids is 1. The minimum absolute atomic E-state index is 0.160. The quantitative estimate of drug-likeness (QED) is 0.788. The second-order valence-electron chi connectivity index (χ2n) is 2.16. The Balaban J connectivity index is 3.18. The van der Waals surface area contributed by atoms with Gasteiger partial charge in [0, 0.05) is 10.0 Å². The molecular weight excluding hydrogens is 224 g/mol. The Kier molecular flexibility index (Phi) is 2.60. The molecule has 0 bridgehead atoms. The summed E-state index contributed by atoms with van der Waals surface area (Å²) in [5.41, 5.74) is 0.604. The van der Waals surface area contributed by atoms with Crippen LogP contribution in [0.3, 0.4) is 0 Å². The van der Waals surface area contributed by atoms with E-state index in [0.717, 1.165) is 0 Å². The molecule has 0 amide bonds. The van der Waals surface area contributed by atoms with E-state index in [9.17, 15) is 9.59 Å². The highest BCUT2D eigenvalue weighted by Gasteiger charge is 2.05. The predicted octanol–water partition coefficient (Wildman–Crippen LogP) is 1.96. The van der Waals surface area contributed by atoms with Gasteiger partial charge in [-0.25, -0.2) is 4.79 Å². The highest BCUT2D eigenvalue weighted by atomic mass is 79.9. The number of rotatable bonds is 2. The minimum Gasteiger partial charge on any atom is -0.478 e. The number of benzene rings is 1. The fourth-order valence-electron chi connectivity index (χ4n) is 0.756. The van der Waals surface area contributed by atoms with Crippen molar-refractivity contribution in [2.24, 2.45) is 0 Å². The first-order valence-electron chi connectivity index (χ1n) is 3.13. The smallest absolute Gasteiger partial charge is 0.335 e. The minimum atomic E-state index is -1.01. The molecule has 0 radical (unpaired) electrons. The average Bonchev–Trinajstić information content (AvgIpc) is 2.04. The fraction of sp³-hybridized carbons (Fsp3) is 0. The highest BCUT2D eigenvalue weighted by molar-refractivity contribution is 9.10. The van der Waals surface area contributed by atoms with Crippen LogP contribution in [0.5, 0.6) is 0 Å². The third-order valence-electron chi connectivity index (χ3n) is 1.37. The maximum atomic E-state index is 10.4. The molecule has 12 heavy (non-hydrogen) atoms. The summed E-state index contributed by atoms with van der Waals surface area (Å²) in [5.74, 6) is -1.01. The van der Waals surface area contributed by atoms with Crippen LogP contribution in [0.25, 0.3) is 0 Å². The Morgan fingerprint density at radius 3 is 2.58 bits per heavy atom. The van der Waals surface area contributed by atoms with Crippen LogP contribution >= 0.6 is 15.9 Å². The number of hydrogen-bond donors (Lipinski definition) is 1. The molecule has 0 fully saturated rings. The van der Waals surface area contributed by atoms with Crippen molar-refractivity contribution in [2.45, 2.75) is 0 Å². The van der Waals surface area contributed by atoms with Gasteiger partial charge in [0.2, 0.25) is 0 Å². The van der Waals surface area contributed by atoms with Gasteiger partial charge in [0.05, 0.1) is 5.56 Å². The van der Waals surface area contributed by atoms with Crippen LogP contribution in [0.4, 0.5) is 0 Å². The van der Waals surface area contributed by atoms with E-state index < -0.39 is 5.97 Å². The standard InChI is InChI=1S/C8H5BrO3/c9-7-3-5(8(11)12)1-2-6(7)4-10/h1-4H,(H,11,12). The SMILES string of the molecule is O=Cc1ccc(C(=O)O)cc1Br. The predicted molar refractivity (Wildman–Crippen MR) is 46.5 cm³/mol. The molecule has 4 heteroatoms. The van der Waals surface area contributed by atoms with E-state index in [1.54, 1.807) is 0 Å². The number of hydrogen-bond acceptors (Lipinski definition) is 2. The molecule has 0 aliphatic rings. The van der Waals surface area contributed by atoms with Gasteiger partial charge in [0.15, 0.2) is 6.29 Å². The molecule has 0 spiro atoms. The molecule has 3 nitrogen and oxygen atoms in total. The lowest BCUT2D eigenvalue weighted by Gasteiger charge is -1.97. The van der Waals surface area contributed by atoms with Gasteiger partial charge >= 0.3 is 5.97 Å². The van der Waals surface area contributed by atoms with Crippen LogP contribution in [-0.2, 0) is 0 Å². The van der Waals surface area contributed by atoms with Crippen molar-refractivity contribution in [2.75, 3.05) is 0 Å². The van der Waals surface area contributed by atoms with Gasteiger partial charge in [-0.15, -0.1) is 0 Å². The third kappa shape index (κ3) is 1.71. The summed E-state index contributed by atoms with van der Waals surface area (Å²) in [6.07, 6.45) is 0.662. The van der Waals surface area contributed by atoms with Gasteiger partial charge in [-0.1, -0.05) is 15.9 Å². The molecule has 0 saturated carbocycles. The monoisotopic (exact) mass is 228 g/mol. The number of carboxylic acid groups (broad SMARTS) is 1. The van der Waals surface area contributed by atoms with E-state index >= 15 is 0 Å². The van der Waals surface area contributed by atoms with Crippen molar-refractivity contribution in [3.05, 3.63) is 33.8 Å². The Hall–Kier alpha value is -1.16. The first-order valence-corrected chi connectivity index (χ1v) is 3.92. The Labute approximate surface area is 77.1 Å². The lowest BCUT2D eigenvalue weighted by atomic mass is 10.1. The van der Waals surface area contributed by atoms with Gasteiger partial charge in [0.25, 0.3) is 0 Å². The summed E-state index contributed by atoms with van der Waals surface area (Å²) in [4.78, 5) is 20.8. The average molecular weight is 229 g/mol. The van der Waals surface area contributed by atoms with Crippen LogP contribution in [-0.4, -0.2) is 17.4 Å². The van der Waals surface area contributed by atoms with Crippen molar-refractivity contribution >= 4 is 28.2 Å². The van der Waals surface area contributed by atoms with E-state index in [4.69, 9.17) is 5.11 Å². The summed E-state index contributed by atoms with van der Waals surface area (Å²) in [7, 11) is 0. The van der Waals surface area contributed by atoms with E-state index in [2.05, 4.69) is 15.9 Å². The summed E-state index contributed by atoms with van der Waals surface area (Å²) >= 11 is 3.08. The fourth-order valence-corrected chi connectivity index (χ4v) is 1.23. The summed E-state index contributed by atoms with van der Waals surface area (Å²) < 4.78 is 0.498.